The molecular formula is C16H26N2O3. The summed E-state index contributed by atoms with van der Waals surface area (Å²) >= 11 is 0. The summed E-state index contributed by atoms with van der Waals surface area (Å²) in [6.07, 6.45) is 4.62. The molecule has 118 valence electrons. The predicted octanol–water partition coefficient (Wildman–Crippen LogP) is 3.20. The van der Waals surface area contributed by atoms with E-state index in [1.54, 1.807) is 25.3 Å². The molecular weight excluding hydrogens is 268 g/mol. The summed E-state index contributed by atoms with van der Waals surface area (Å²) in [5, 5.41) is 2.80. The van der Waals surface area contributed by atoms with Gasteiger partial charge in [-0.2, -0.15) is 0 Å². The van der Waals surface area contributed by atoms with E-state index in [1.165, 1.54) is 12.8 Å². The molecule has 0 saturated heterocycles. The highest BCUT2D eigenvalue weighted by Gasteiger charge is 2.06. The number of rotatable bonds is 10. The number of anilines is 2. The zero-order valence-corrected chi connectivity index (χ0v) is 13.0. The maximum atomic E-state index is 11.8. The van der Waals surface area contributed by atoms with E-state index in [0.717, 1.165) is 13.0 Å². The van der Waals surface area contributed by atoms with Crippen molar-refractivity contribution in [1.29, 1.82) is 0 Å². The van der Waals surface area contributed by atoms with Gasteiger partial charge in [-0.3, -0.25) is 4.79 Å². The Morgan fingerprint density at radius 3 is 2.67 bits per heavy atom. The van der Waals surface area contributed by atoms with Crippen molar-refractivity contribution in [3.63, 3.8) is 0 Å². The summed E-state index contributed by atoms with van der Waals surface area (Å²) in [7, 11) is 1.58. The van der Waals surface area contributed by atoms with E-state index in [4.69, 9.17) is 15.2 Å². The highest BCUT2D eigenvalue weighted by atomic mass is 16.5. The van der Waals surface area contributed by atoms with Crippen molar-refractivity contribution in [2.75, 3.05) is 31.4 Å². The van der Waals surface area contributed by atoms with Crippen molar-refractivity contribution < 1.29 is 14.3 Å². The number of hydrogen-bond acceptors (Lipinski definition) is 4. The van der Waals surface area contributed by atoms with Crippen LogP contribution in [-0.4, -0.2) is 26.2 Å². The number of methoxy groups -OCH3 is 1. The number of benzene rings is 1. The summed E-state index contributed by atoms with van der Waals surface area (Å²) in [6.45, 7) is 3.56. The molecule has 0 radical (unpaired) electrons. The third-order valence-electron chi connectivity index (χ3n) is 3.12. The first-order chi connectivity index (χ1) is 10.2. The third kappa shape index (κ3) is 6.99. The molecule has 1 rings (SSSR count). The van der Waals surface area contributed by atoms with Gasteiger partial charge in [0.25, 0.3) is 0 Å². The minimum Gasteiger partial charge on any atom is -0.497 e. The molecule has 0 aliphatic carbocycles. The fraction of sp³-hybridized carbons (Fsp3) is 0.562. The van der Waals surface area contributed by atoms with Gasteiger partial charge in [-0.25, -0.2) is 0 Å². The largest absolute Gasteiger partial charge is 0.497 e. The lowest BCUT2D eigenvalue weighted by Crippen LogP contribution is -2.13. The van der Waals surface area contributed by atoms with Gasteiger partial charge >= 0.3 is 0 Å². The van der Waals surface area contributed by atoms with Crippen LogP contribution in [-0.2, 0) is 9.53 Å². The van der Waals surface area contributed by atoms with Gasteiger partial charge in [-0.15, -0.1) is 0 Å². The van der Waals surface area contributed by atoms with Crippen LogP contribution >= 0.6 is 0 Å². The van der Waals surface area contributed by atoms with Gasteiger partial charge in [0.05, 0.1) is 18.5 Å². The molecule has 1 aromatic rings. The van der Waals surface area contributed by atoms with Crippen molar-refractivity contribution in [3.8, 4) is 5.75 Å². The Morgan fingerprint density at radius 1 is 1.24 bits per heavy atom. The Kier molecular flexibility index (Phi) is 8.28. The van der Waals surface area contributed by atoms with Crippen LogP contribution in [0, 0.1) is 0 Å². The predicted molar refractivity (Wildman–Crippen MR) is 85.6 cm³/mol. The van der Waals surface area contributed by atoms with Crippen LogP contribution in [0.1, 0.15) is 39.0 Å². The van der Waals surface area contributed by atoms with E-state index in [9.17, 15) is 4.79 Å². The molecule has 21 heavy (non-hydrogen) atoms. The fourth-order valence-corrected chi connectivity index (χ4v) is 1.89. The summed E-state index contributed by atoms with van der Waals surface area (Å²) in [6, 6.07) is 5.20. The van der Waals surface area contributed by atoms with Crippen molar-refractivity contribution in [2.45, 2.75) is 39.0 Å². The summed E-state index contributed by atoms with van der Waals surface area (Å²) in [5.41, 5.74) is 6.96. The summed E-state index contributed by atoms with van der Waals surface area (Å²) < 4.78 is 10.5. The summed E-state index contributed by atoms with van der Waals surface area (Å²) in [5.74, 6) is 0.620. The number of carbonyl (C=O) groups excluding carboxylic acids is 1. The van der Waals surface area contributed by atoms with Crippen LogP contribution in [0.5, 0.6) is 5.75 Å². The van der Waals surface area contributed by atoms with Crippen LogP contribution < -0.4 is 15.8 Å². The monoisotopic (exact) mass is 294 g/mol. The number of carbonyl (C=O) groups is 1. The highest BCUT2D eigenvalue weighted by Crippen LogP contribution is 2.24. The number of amides is 1. The maximum absolute atomic E-state index is 11.8. The van der Waals surface area contributed by atoms with E-state index in [2.05, 4.69) is 12.2 Å². The highest BCUT2D eigenvalue weighted by molar-refractivity contribution is 5.93. The van der Waals surface area contributed by atoms with Gasteiger partial charge in [0.15, 0.2) is 0 Å². The second kappa shape index (κ2) is 10.0. The number of nitrogen functional groups attached to an aromatic ring is 1. The molecule has 0 aliphatic rings. The molecule has 1 amide bonds. The van der Waals surface area contributed by atoms with E-state index in [-0.39, 0.29) is 5.91 Å². The smallest absolute Gasteiger partial charge is 0.224 e. The first-order valence-corrected chi connectivity index (χ1v) is 7.48. The van der Waals surface area contributed by atoms with Crippen LogP contribution in [0.15, 0.2) is 18.2 Å². The van der Waals surface area contributed by atoms with Crippen molar-refractivity contribution in [1.82, 2.24) is 0 Å². The van der Waals surface area contributed by atoms with E-state index in [1.807, 2.05) is 0 Å². The number of ether oxygens (including phenoxy) is 2. The summed E-state index contributed by atoms with van der Waals surface area (Å²) in [4.78, 5) is 11.8. The maximum Gasteiger partial charge on any atom is 0.224 e. The van der Waals surface area contributed by atoms with Gasteiger partial charge in [0, 0.05) is 25.7 Å². The van der Waals surface area contributed by atoms with Crippen LogP contribution in [0.2, 0.25) is 0 Å². The molecule has 0 aliphatic heterocycles. The van der Waals surface area contributed by atoms with Crippen LogP contribution in [0.4, 0.5) is 11.4 Å². The number of unbranched alkanes of at least 4 members (excludes halogenated alkanes) is 2. The number of hydrogen-bond donors (Lipinski definition) is 2. The fourth-order valence-electron chi connectivity index (χ4n) is 1.89. The lowest BCUT2D eigenvalue weighted by atomic mass is 10.2. The molecule has 0 spiro atoms. The Hall–Kier alpha value is -1.75. The van der Waals surface area contributed by atoms with Gasteiger partial charge in [0.2, 0.25) is 5.91 Å². The second-order valence-corrected chi connectivity index (χ2v) is 4.92. The minimum absolute atomic E-state index is 0.0518. The zero-order valence-electron chi connectivity index (χ0n) is 13.0. The van der Waals surface area contributed by atoms with Crippen molar-refractivity contribution in [3.05, 3.63) is 18.2 Å². The van der Waals surface area contributed by atoms with Crippen molar-refractivity contribution >= 4 is 17.3 Å². The standard InChI is InChI=1S/C16H26N2O3/c1-3-4-5-10-21-11-6-7-16(19)18-15-9-8-13(20-2)12-14(15)17/h8-9,12H,3-7,10-11,17H2,1-2H3,(H,18,19). The molecule has 0 unspecified atom stereocenters. The van der Waals surface area contributed by atoms with Crippen LogP contribution in [0.25, 0.3) is 0 Å². The Labute approximate surface area is 126 Å². The number of nitrogens with two attached hydrogens (primary N) is 1. The molecule has 3 N–H and O–H groups in total. The zero-order chi connectivity index (χ0) is 15.5. The molecule has 0 bridgehead atoms. The quantitative estimate of drug-likeness (QED) is 0.513. The molecule has 0 heterocycles. The molecule has 0 fully saturated rings. The van der Waals surface area contributed by atoms with Gasteiger partial charge in [0.1, 0.15) is 5.75 Å². The average molecular weight is 294 g/mol. The normalized spacial score (nSPS) is 10.4. The first-order valence-electron chi connectivity index (χ1n) is 7.48. The second-order valence-electron chi connectivity index (χ2n) is 4.92. The SMILES string of the molecule is CCCCCOCCCC(=O)Nc1ccc(OC)cc1N. The average Bonchev–Trinajstić information content (AvgIpc) is 2.48. The Morgan fingerprint density at radius 2 is 2.00 bits per heavy atom. The van der Waals surface area contributed by atoms with Gasteiger partial charge in [-0.05, 0) is 25.0 Å². The molecule has 1 aromatic carbocycles. The molecule has 0 atom stereocenters. The molecule has 0 aromatic heterocycles. The Bertz CT molecular complexity index is 436. The molecule has 0 saturated carbocycles. The van der Waals surface area contributed by atoms with Crippen molar-refractivity contribution in [2.24, 2.45) is 0 Å². The minimum atomic E-state index is -0.0518. The lowest BCUT2D eigenvalue weighted by Gasteiger charge is -2.09. The Balaban J connectivity index is 2.21. The van der Waals surface area contributed by atoms with Gasteiger partial charge in [-0.1, -0.05) is 19.8 Å². The van der Waals surface area contributed by atoms with E-state index >= 15 is 0 Å². The van der Waals surface area contributed by atoms with E-state index < -0.39 is 0 Å². The van der Waals surface area contributed by atoms with E-state index in [0.29, 0.717) is 36.6 Å². The topological polar surface area (TPSA) is 73.6 Å². The third-order valence-corrected chi connectivity index (χ3v) is 3.12. The first kappa shape index (κ1) is 17.3. The molecule has 5 nitrogen and oxygen atoms in total. The number of nitrogens with one attached hydrogen (secondary N) is 1. The van der Waals surface area contributed by atoms with Gasteiger partial charge < -0.3 is 20.5 Å². The lowest BCUT2D eigenvalue weighted by molar-refractivity contribution is -0.116. The van der Waals surface area contributed by atoms with Crippen LogP contribution in [0.3, 0.4) is 0 Å². The molecule has 5 heteroatoms.